The van der Waals surface area contributed by atoms with E-state index in [-0.39, 0.29) is 30.4 Å². The van der Waals surface area contributed by atoms with Crippen molar-refractivity contribution in [2.24, 2.45) is 0 Å². The normalized spacial score (nSPS) is 10.8. The molecule has 25 heavy (non-hydrogen) atoms. The molecule has 0 bridgehead atoms. The van der Waals surface area contributed by atoms with Crippen molar-refractivity contribution in [1.29, 1.82) is 0 Å². The number of benzene rings is 1. The number of nitrogens with zero attached hydrogens (tertiary/aromatic N) is 2. The number of anilines is 2. The number of thiazole rings is 1. The minimum Gasteiger partial charge on any atom is -0.338 e. The topological polar surface area (TPSA) is 74.3 Å². The van der Waals surface area contributed by atoms with Crippen LogP contribution >= 0.6 is 11.3 Å². The lowest BCUT2D eigenvalue weighted by Gasteiger charge is -2.30. The van der Waals surface area contributed by atoms with Crippen molar-refractivity contribution in [1.82, 2.24) is 9.88 Å². The van der Waals surface area contributed by atoms with Gasteiger partial charge in [0, 0.05) is 23.2 Å². The van der Waals surface area contributed by atoms with E-state index in [4.69, 9.17) is 0 Å². The third kappa shape index (κ3) is 5.56. The summed E-state index contributed by atoms with van der Waals surface area (Å²) in [6, 6.07) is 9.10. The Morgan fingerprint density at radius 2 is 1.72 bits per heavy atom. The first-order valence-electron chi connectivity index (χ1n) is 8.25. The second-order valence-corrected chi connectivity index (χ2v) is 7.11. The summed E-state index contributed by atoms with van der Waals surface area (Å²) in [5.74, 6) is 0.0376. The van der Waals surface area contributed by atoms with Crippen LogP contribution in [0.2, 0.25) is 0 Å². The standard InChI is InChI=1S/C18H24N4O2S/c1-12(2)22(13(3)4)16(23)10-15-11-25-18(20-15)21-17(24)19-14-8-6-5-7-9-14/h5-9,11-13H,10H2,1-4H3,(H2,19,20,21,24). The molecule has 0 aliphatic carbocycles. The first kappa shape index (κ1) is 18.9. The Bertz CT molecular complexity index is 705. The zero-order valence-corrected chi connectivity index (χ0v) is 15.8. The van der Waals surface area contributed by atoms with E-state index < -0.39 is 0 Å². The number of rotatable bonds is 6. The number of carbonyl (C=O) groups excluding carboxylic acids is 2. The third-order valence-electron chi connectivity index (χ3n) is 3.54. The lowest BCUT2D eigenvalue weighted by Crippen LogP contribution is -2.42. The molecule has 2 aromatic rings. The van der Waals surface area contributed by atoms with Crippen LogP contribution in [0.1, 0.15) is 33.4 Å². The highest BCUT2D eigenvalue weighted by Crippen LogP contribution is 2.18. The first-order chi connectivity index (χ1) is 11.9. The van der Waals surface area contributed by atoms with Crippen molar-refractivity contribution in [2.75, 3.05) is 10.6 Å². The molecule has 0 saturated heterocycles. The van der Waals surface area contributed by atoms with Crippen LogP contribution in [-0.4, -0.2) is 33.9 Å². The smallest absolute Gasteiger partial charge is 0.325 e. The summed E-state index contributed by atoms with van der Waals surface area (Å²) in [6.07, 6.45) is 0.231. The van der Waals surface area contributed by atoms with E-state index in [0.717, 1.165) is 0 Å². The van der Waals surface area contributed by atoms with Crippen LogP contribution in [0.4, 0.5) is 15.6 Å². The van der Waals surface area contributed by atoms with E-state index >= 15 is 0 Å². The molecule has 1 heterocycles. The Balaban J connectivity index is 1.93. The maximum absolute atomic E-state index is 12.5. The predicted molar refractivity (Wildman–Crippen MR) is 102 cm³/mol. The summed E-state index contributed by atoms with van der Waals surface area (Å²) in [5, 5.41) is 7.69. The lowest BCUT2D eigenvalue weighted by molar-refractivity contribution is -0.134. The Morgan fingerprint density at radius 3 is 2.32 bits per heavy atom. The van der Waals surface area contributed by atoms with E-state index in [1.54, 1.807) is 17.5 Å². The second kappa shape index (κ2) is 8.62. The fraction of sp³-hybridized carbons (Fsp3) is 0.389. The molecule has 0 spiro atoms. The van der Waals surface area contributed by atoms with Gasteiger partial charge >= 0.3 is 6.03 Å². The van der Waals surface area contributed by atoms with Gasteiger partial charge in [0.05, 0.1) is 12.1 Å². The highest BCUT2D eigenvalue weighted by Gasteiger charge is 2.21. The zero-order valence-electron chi connectivity index (χ0n) is 14.9. The van der Waals surface area contributed by atoms with Gasteiger partial charge in [0.1, 0.15) is 0 Å². The first-order valence-corrected chi connectivity index (χ1v) is 9.13. The van der Waals surface area contributed by atoms with Gasteiger partial charge < -0.3 is 10.2 Å². The summed E-state index contributed by atoms with van der Waals surface area (Å²) in [7, 11) is 0. The van der Waals surface area contributed by atoms with Crippen LogP contribution in [0.5, 0.6) is 0 Å². The van der Waals surface area contributed by atoms with E-state index in [1.807, 2.05) is 50.8 Å². The molecule has 0 fully saturated rings. The number of para-hydroxylation sites is 1. The molecule has 6 nitrogen and oxygen atoms in total. The van der Waals surface area contributed by atoms with Gasteiger partial charge in [0.15, 0.2) is 5.13 Å². The zero-order chi connectivity index (χ0) is 18.4. The molecule has 0 aliphatic heterocycles. The van der Waals surface area contributed by atoms with Crippen LogP contribution in [-0.2, 0) is 11.2 Å². The van der Waals surface area contributed by atoms with Gasteiger partial charge in [0.25, 0.3) is 0 Å². The fourth-order valence-corrected chi connectivity index (χ4v) is 3.35. The molecule has 0 atom stereocenters. The molecular weight excluding hydrogens is 336 g/mol. The van der Waals surface area contributed by atoms with Gasteiger partial charge in [-0.1, -0.05) is 18.2 Å². The number of aromatic nitrogens is 1. The summed E-state index contributed by atoms with van der Waals surface area (Å²) < 4.78 is 0. The molecule has 2 N–H and O–H groups in total. The third-order valence-corrected chi connectivity index (χ3v) is 4.34. The SMILES string of the molecule is CC(C)N(C(=O)Cc1csc(NC(=O)Nc2ccccc2)n1)C(C)C. The molecule has 0 aliphatic rings. The molecule has 1 aromatic heterocycles. The van der Waals surface area contributed by atoms with Crippen molar-refractivity contribution < 1.29 is 9.59 Å². The van der Waals surface area contributed by atoms with Gasteiger partial charge in [-0.15, -0.1) is 11.3 Å². The molecule has 2 rings (SSSR count). The average molecular weight is 360 g/mol. The summed E-state index contributed by atoms with van der Waals surface area (Å²) in [5.41, 5.74) is 1.37. The number of hydrogen-bond donors (Lipinski definition) is 2. The van der Waals surface area contributed by atoms with Crippen LogP contribution < -0.4 is 10.6 Å². The Hall–Kier alpha value is -2.41. The Morgan fingerprint density at radius 1 is 1.08 bits per heavy atom. The van der Waals surface area contributed by atoms with E-state index in [1.165, 1.54) is 11.3 Å². The molecule has 0 radical (unpaired) electrons. The van der Waals surface area contributed by atoms with Gasteiger partial charge in [-0.25, -0.2) is 9.78 Å². The number of hydrogen-bond acceptors (Lipinski definition) is 4. The molecule has 1 aromatic carbocycles. The number of carbonyl (C=O) groups is 2. The van der Waals surface area contributed by atoms with Crippen molar-refractivity contribution in [3.63, 3.8) is 0 Å². The maximum Gasteiger partial charge on any atom is 0.325 e. The van der Waals surface area contributed by atoms with E-state index in [9.17, 15) is 9.59 Å². The van der Waals surface area contributed by atoms with Gasteiger partial charge in [0.2, 0.25) is 5.91 Å². The molecule has 0 unspecified atom stereocenters. The van der Waals surface area contributed by atoms with Crippen LogP contribution in [0, 0.1) is 0 Å². The number of nitrogens with one attached hydrogen (secondary N) is 2. The highest BCUT2D eigenvalue weighted by atomic mass is 32.1. The molecule has 0 saturated carbocycles. The van der Waals surface area contributed by atoms with Crippen LogP contribution in [0.3, 0.4) is 0 Å². The minimum atomic E-state index is -0.357. The molecule has 134 valence electrons. The number of amides is 3. The molecule has 3 amide bonds. The maximum atomic E-state index is 12.5. The predicted octanol–water partition coefficient (Wildman–Crippen LogP) is 3.98. The lowest BCUT2D eigenvalue weighted by atomic mass is 10.2. The summed E-state index contributed by atoms with van der Waals surface area (Å²) >= 11 is 1.31. The van der Waals surface area contributed by atoms with Gasteiger partial charge in [-0.05, 0) is 39.8 Å². The van der Waals surface area contributed by atoms with Crippen molar-refractivity contribution in [3.05, 3.63) is 41.4 Å². The van der Waals surface area contributed by atoms with Crippen molar-refractivity contribution in [3.8, 4) is 0 Å². The van der Waals surface area contributed by atoms with E-state index in [2.05, 4.69) is 15.6 Å². The molecular formula is C18H24N4O2S. The van der Waals surface area contributed by atoms with E-state index in [0.29, 0.717) is 16.5 Å². The quantitative estimate of drug-likeness (QED) is 0.818. The second-order valence-electron chi connectivity index (χ2n) is 6.25. The number of urea groups is 1. The van der Waals surface area contributed by atoms with Crippen molar-refractivity contribution in [2.45, 2.75) is 46.2 Å². The van der Waals surface area contributed by atoms with Crippen LogP contribution in [0.15, 0.2) is 35.7 Å². The Labute approximate surface area is 152 Å². The largest absolute Gasteiger partial charge is 0.338 e. The Kier molecular flexibility index (Phi) is 6.52. The monoisotopic (exact) mass is 360 g/mol. The summed E-state index contributed by atoms with van der Waals surface area (Å²) in [6.45, 7) is 8.00. The highest BCUT2D eigenvalue weighted by molar-refractivity contribution is 7.14. The fourth-order valence-electron chi connectivity index (χ4n) is 2.65. The average Bonchev–Trinajstić information content (AvgIpc) is 2.94. The summed E-state index contributed by atoms with van der Waals surface area (Å²) in [4.78, 5) is 30.6. The minimum absolute atomic E-state index is 0.0376. The van der Waals surface area contributed by atoms with Gasteiger partial charge in [-0.2, -0.15) is 0 Å². The van der Waals surface area contributed by atoms with Gasteiger partial charge in [-0.3, -0.25) is 10.1 Å². The molecule has 7 heteroatoms. The van der Waals surface area contributed by atoms with Crippen molar-refractivity contribution >= 4 is 34.1 Å². The van der Waals surface area contributed by atoms with Crippen LogP contribution in [0.25, 0.3) is 0 Å².